The average molecular weight is 219 g/mol. The number of thiophene rings is 1. The van der Waals surface area contributed by atoms with Crippen molar-refractivity contribution in [1.82, 2.24) is 4.90 Å². The van der Waals surface area contributed by atoms with Crippen molar-refractivity contribution in [3.05, 3.63) is 45.8 Å². The lowest BCUT2D eigenvalue weighted by molar-refractivity contribution is 0.359. The van der Waals surface area contributed by atoms with Crippen LogP contribution >= 0.6 is 11.3 Å². The fraction of sp³-hybridized carbons (Fsp3) is 0.385. The molecule has 80 valence electrons. The van der Waals surface area contributed by atoms with Gasteiger partial charge in [0.1, 0.15) is 0 Å². The zero-order valence-electron chi connectivity index (χ0n) is 9.53. The lowest BCUT2D eigenvalue weighted by Crippen LogP contribution is -2.32. The molecule has 0 radical (unpaired) electrons. The van der Waals surface area contributed by atoms with Crippen molar-refractivity contribution >= 4 is 11.3 Å². The number of allylic oxidation sites excluding steroid dienone is 2. The number of nitrogens with zero attached hydrogens (tertiary/aromatic N) is 1. The van der Waals surface area contributed by atoms with Crippen molar-refractivity contribution in [1.29, 1.82) is 0 Å². The molecule has 1 atom stereocenters. The van der Waals surface area contributed by atoms with E-state index >= 15 is 0 Å². The molecule has 0 fully saturated rings. The predicted molar refractivity (Wildman–Crippen MR) is 67.1 cm³/mol. The van der Waals surface area contributed by atoms with Crippen LogP contribution < -0.4 is 0 Å². The van der Waals surface area contributed by atoms with Crippen LogP contribution in [0.15, 0.2) is 40.2 Å². The van der Waals surface area contributed by atoms with Gasteiger partial charge in [-0.25, -0.2) is 0 Å². The van der Waals surface area contributed by atoms with Crippen LogP contribution in [0.3, 0.4) is 0 Å². The minimum atomic E-state index is 0.532. The topological polar surface area (TPSA) is 3.24 Å². The zero-order chi connectivity index (χ0) is 10.8. The molecule has 1 nitrogen and oxygen atoms in total. The molecular formula is C13H17NS. The van der Waals surface area contributed by atoms with Crippen molar-refractivity contribution in [2.75, 3.05) is 7.05 Å². The van der Waals surface area contributed by atoms with E-state index in [1.165, 1.54) is 16.7 Å². The number of hydrogen-bond acceptors (Lipinski definition) is 2. The monoisotopic (exact) mass is 219 g/mol. The summed E-state index contributed by atoms with van der Waals surface area (Å²) in [5.41, 5.74) is 4.35. The van der Waals surface area contributed by atoms with E-state index in [1.54, 1.807) is 11.3 Å². The molecule has 0 aliphatic carbocycles. The molecule has 15 heavy (non-hydrogen) atoms. The molecule has 0 bridgehead atoms. The van der Waals surface area contributed by atoms with Crippen LogP contribution in [-0.2, 0) is 6.42 Å². The molecule has 1 aliphatic heterocycles. The quantitative estimate of drug-likeness (QED) is 0.736. The summed E-state index contributed by atoms with van der Waals surface area (Å²) in [7, 11) is 2.16. The van der Waals surface area contributed by atoms with E-state index in [1.807, 2.05) is 0 Å². The van der Waals surface area contributed by atoms with Gasteiger partial charge in [0.2, 0.25) is 0 Å². The van der Waals surface area contributed by atoms with Gasteiger partial charge in [0.05, 0.1) is 6.04 Å². The second kappa shape index (κ2) is 4.23. The van der Waals surface area contributed by atoms with Crippen LogP contribution in [0.25, 0.3) is 0 Å². The summed E-state index contributed by atoms with van der Waals surface area (Å²) < 4.78 is 0. The molecular weight excluding hydrogens is 202 g/mol. The third-order valence-electron chi connectivity index (χ3n) is 3.18. The van der Waals surface area contributed by atoms with Gasteiger partial charge in [-0.05, 0) is 66.1 Å². The van der Waals surface area contributed by atoms with Crippen LogP contribution in [0, 0.1) is 0 Å². The van der Waals surface area contributed by atoms with Gasteiger partial charge in [-0.15, -0.1) is 0 Å². The second-order valence-electron chi connectivity index (χ2n) is 4.20. The van der Waals surface area contributed by atoms with E-state index in [4.69, 9.17) is 0 Å². The number of rotatable bonds is 2. The van der Waals surface area contributed by atoms with Crippen molar-refractivity contribution < 1.29 is 0 Å². The molecule has 0 saturated carbocycles. The van der Waals surface area contributed by atoms with E-state index in [0.29, 0.717) is 6.04 Å². The molecule has 1 aromatic heterocycles. The smallest absolute Gasteiger partial charge is 0.0537 e. The molecule has 0 spiro atoms. The van der Waals surface area contributed by atoms with E-state index in [2.05, 4.69) is 54.9 Å². The van der Waals surface area contributed by atoms with Gasteiger partial charge in [0, 0.05) is 7.05 Å². The molecule has 1 aromatic rings. The molecule has 0 aromatic carbocycles. The van der Waals surface area contributed by atoms with Gasteiger partial charge in [0.15, 0.2) is 0 Å². The molecule has 0 saturated heterocycles. The highest BCUT2D eigenvalue weighted by molar-refractivity contribution is 7.07. The van der Waals surface area contributed by atoms with E-state index in [0.717, 1.165) is 6.42 Å². The first-order chi connectivity index (χ1) is 7.18. The molecule has 0 amide bonds. The second-order valence-corrected chi connectivity index (χ2v) is 4.98. The number of likely N-dealkylation sites (N-methyl/N-ethyl adjacent to an activating group) is 1. The third kappa shape index (κ3) is 2.15. The normalized spacial score (nSPS) is 21.3. The Balaban J connectivity index is 2.18. The summed E-state index contributed by atoms with van der Waals surface area (Å²) >= 11 is 1.78. The largest absolute Gasteiger partial charge is 0.373 e. The van der Waals surface area contributed by atoms with Gasteiger partial charge in [-0.3, -0.25) is 0 Å². The fourth-order valence-electron chi connectivity index (χ4n) is 1.96. The standard InChI is InChI=1S/C13H17NS/c1-10-4-6-14(3)13(11(10)2)8-12-5-7-15-9-12/h4-7,9,13H,8H2,1-3H3. The number of hydrogen-bond donors (Lipinski definition) is 0. The van der Waals surface area contributed by atoms with Crippen LogP contribution in [0.4, 0.5) is 0 Å². The summed E-state index contributed by atoms with van der Waals surface area (Å²) in [5, 5.41) is 4.40. The first-order valence-electron chi connectivity index (χ1n) is 5.27. The fourth-order valence-corrected chi connectivity index (χ4v) is 2.64. The van der Waals surface area contributed by atoms with E-state index in [-0.39, 0.29) is 0 Å². The minimum Gasteiger partial charge on any atom is -0.373 e. The highest BCUT2D eigenvalue weighted by atomic mass is 32.1. The molecule has 2 rings (SSSR count). The predicted octanol–water partition coefficient (Wildman–Crippen LogP) is 3.45. The first-order valence-corrected chi connectivity index (χ1v) is 6.21. The van der Waals surface area contributed by atoms with Gasteiger partial charge in [0.25, 0.3) is 0 Å². The van der Waals surface area contributed by atoms with Gasteiger partial charge in [-0.1, -0.05) is 0 Å². The van der Waals surface area contributed by atoms with Gasteiger partial charge >= 0.3 is 0 Å². The molecule has 2 heterocycles. The lowest BCUT2D eigenvalue weighted by atomic mass is 9.94. The van der Waals surface area contributed by atoms with Crippen molar-refractivity contribution in [3.8, 4) is 0 Å². The summed E-state index contributed by atoms with van der Waals surface area (Å²) in [6.45, 7) is 4.44. The SMILES string of the molecule is CC1=C(C)C(Cc2ccsc2)N(C)C=C1. The summed E-state index contributed by atoms with van der Waals surface area (Å²) in [5.74, 6) is 0. The Hall–Kier alpha value is -1.02. The molecule has 1 aliphatic rings. The Bertz CT molecular complexity index is 387. The molecule has 1 unspecified atom stereocenters. The van der Waals surface area contributed by atoms with Crippen molar-refractivity contribution in [2.45, 2.75) is 26.3 Å². The Morgan fingerprint density at radius 2 is 2.20 bits per heavy atom. The van der Waals surface area contributed by atoms with Crippen LogP contribution in [-0.4, -0.2) is 18.0 Å². The Morgan fingerprint density at radius 3 is 2.87 bits per heavy atom. The summed E-state index contributed by atoms with van der Waals surface area (Å²) in [6.07, 6.45) is 5.49. The highest BCUT2D eigenvalue weighted by Gasteiger charge is 2.19. The van der Waals surface area contributed by atoms with E-state index in [9.17, 15) is 0 Å². The summed E-state index contributed by atoms with van der Waals surface area (Å²) in [4.78, 5) is 2.31. The van der Waals surface area contributed by atoms with Gasteiger partial charge < -0.3 is 4.90 Å². The van der Waals surface area contributed by atoms with Crippen LogP contribution in [0.2, 0.25) is 0 Å². The van der Waals surface area contributed by atoms with E-state index < -0.39 is 0 Å². The Morgan fingerprint density at radius 1 is 1.40 bits per heavy atom. The highest BCUT2D eigenvalue weighted by Crippen LogP contribution is 2.23. The maximum atomic E-state index is 2.31. The molecule has 2 heteroatoms. The van der Waals surface area contributed by atoms with Gasteiger partial charge in [-0.2, -0.15) is 11.3 Å². The summed E-state index contributed by atoms with van der Waals surface area (Å²) in [6, 6.07) is 2.75. The molecule has 0 N–H and O–H groups in total. The maximum Gasteiger partial charge on any atom is 0.0537 e. The van der Waals surface area contributed by atoms with Crippen molar-refractivity contribution in [3.63, 3.8) is 0 Å². The van der Waals surface area contributed by atoms with Crippen molar-refractivity contribution in [2.24, 2.45) is 0 Å². The minimum absolute atomic E-state index is 0.532. The maximum absolute atomic E-state index is 2.31. The Labute approximate surface area is 95.7 Å². The third-order valence-corrected chi connectivity index (χ3v) is 3.91. The first kappa shape index (κ1) is 10.5. The Kier molecular flexibility index (Phi) is 2.96. The zero-order valence-corrected chi connectivity index (χ0v) is 10.3. The van der Waals surface area contributed by atoms with Crippen LogP contribution in [0.5, 0.6) is 0 Å². The lowest BCUT2D eigenvalue weighted by Gasteiger charge is -2.31. The average Bonchev–Trinajstić information content (AvgIpc) is 2.71. The van der Waals surface area contributed by atoms with Crippen LogP contribution in [0.1, 0.15) is 19.4 Å².